The van der Waals surface area contributed by atoms with Crippen LogP contribution in [0.2, 0.25) is 0 Å². The molecule has 1 radical (unpaired) electrons. The molecule has 4 atom stereocenters. The van der Waals surface area contributed by atoms with Crippen molar-refractivity contribution in [2.45, 2.75) is 97.1 Å². The quantitative estimate of drug-likeness (QED) is 0.576. The predicted octanol–water partition coefficient (Wildman–Crippen LogP) is 6.09. The average molecular weight is 403 g/mol. The third kappa shape index (κ3) is 4.01. The molecule has 2 fully saturated rings. The lowest BCUT2D eigenvalue weighted by molar-refractivity contribution is -0.402. The Kier molecular flexibility index (Phi) is 6.79. The molecular weight excluding hydrogens is 362 g/mol. The summed E-state index contributed by atoms with van der Waals surface area (Å²) in [6.07, 6.45) is 3.75. The summed E-state index contributed by atoms with van der Waals surface area (Å²) in [5.74, 6) is 0.973. The molecule has 3 rings (SSSR count). The maximum Gasteiger partial charge on any atom is 0.174 e. The first kappa shape index (κ1) is 22.7. The highest BCUT2D eigenvalue weighted by Crippen LogP contribution is 2.54. The van der Waals surface area contributed by atoms with Gasteiger partial charge in [0.2, 0.25) is 0 Å². The molecule has 0 aliphatic carbocycles. The van der Waals surface area contributed by atoms with Crippen molar-refractivity contribution in [2.75, 3.05) is 13.2 Å². The summed E-state index contributed by atoms with van der Waals surface area (Å²) in [7, 11) is 0. The molecule has 0 bridgehead atoms. The van der Waals surface area contributed by atoms with E-state index in [2.05, 4.69) is 83.9 Å². The van der Waals surface area contributed by atoms with Crippen molar-refractivity contribution in [1.82, 2.24) is 5.06 Å². The van der Waals surface area contributed by atoms with Crippen LogP contribution >= 0.6 is 0 Å². The highest BCUT2D eigenvalue weighted by atomic mass is 16.7. The second-order valence-electron chi connectivity index (χ2n) is 9.41. The van der Waals surface area contributed by atoms with Gasteiger partial charge in [0.25, 0.3) is 0 Å². The van der Waals surface area contributed by atoms with Crippen LogP contribution in [0.3, 0.4) is 0 Å². The van der Waals surface area contributed by atoms with Crippen molar-refractivity contribution in [2.24, 2.45) is 5.92 Å². The normalized spacial score (nSPS) is 34.4. The minimum atomic E-state index is -0.552. The van der Waals surface area contributed by atoms with Crippen LogP contribution in [0.25, 0.3) is 0 Å². The standard InChI is InChI=1S/C25H40NO3/c1-8-21-16-27-25(28-17-21)18-23(6,9-2)26(24(7,10-3)20(25)5)29-19(4)22-14-12-11-13-15-22/h11-15,19-20H,8-10,16-18H2,1-7H3. The summed E-state index contributed by atoms with van der Waals surface area (Å²) in [5.41, 5.74) is 0.824. The number of hydrogen-bond acceptors (Lipinski definition) is 4. The van der Waals surface area contributed by atoms with Crippen molar-refractivity contribution in [1.29, 1.82) is 0 Å². The van der Waals surface area contributed by atoms with Gasteiger partial charge in [-0.05, 0) is 45.6 Å². The van der Waals surface area contributed by atoms with Gasteiger partial charge in [0.15, 0.2) is 5.79 Å². The summed E-state index contributed by atoms with van der Waals surface area (Å²) in [5, 5.41) is 2.30. The molecule has 2 saturated heterocycles. The number of rotatable bonds is 6. The van der Waals surface area contributed by atoms with Gasteiger partial charge >= 0.3 is 0 Å². The Hall–Kier alpha value is -0.940. The predicted molar refractivity (Wildman–Crippen MR) is 117 cm³/mol. The topological polar surface area (TPSA) is 30.9 Å². The van der Waals surface area contributed by atoms with Crippen LogP contribution in [-0.2, 0) is 14.3 Å². The minimum Gasteiger partial charge on any atom is -0.349 e. The Bertz CT molecular complexity index is 657. The van der Waals surface area contributed by atoms with E-state index in [1.165, 1.54) is 11.5 Å². The fourth-order valence-corrected chi connectivity index (χ4v) is 5.02. The van der Waals surface area contributed by atoms with Crippen LogP contribution in [-0.4, -0.2) is 35.1 Å². The Morgan fingerprint density at radius 3 is 2.21 bits per heavy atom. The zero-order chi connectivity index (χ0) is 21.3. The van der Waals surface area contributed by atoms with Gasteiger partial charge in [-0.15, -0.1) is 0 Å². The number of piperidine rings is 1. The van der Waals surface area contributed by atoms with E-state index in [-0.39, 0.29) is 23.1 Å². The molecule has 0 saturated carbocycles. The van der Waals surface area contributed by atoms with Crippen LogP contribution in [0.1, 0.15) is 85.8 Å². The number of ether oxygens (including phenoxy) is 2. The number of hydrogen-bond donors (Lipinski definition) is 0. The average Bonchev–Trinajstić information content (AvgIpc) is 2.76. The van der Waals surface area contributed by atoms with E-state index in [9.17, 15) is 0 Å². The molecule has 0 amide bonds. The largest absolute Gasteiger partial charge is 0.349 e. The summed E-state index contributed by atoms with van der Waals surface area (Å²) in [4.78, 5) is 6.75. The maximum absolute atomic E-state index is 6.75. The lowest BCUT2D eigenvalue weighted by Crippen LogP contribution is -2.73. The number of benzene rings is 1. The lowest BCUT2D eigenvalue weighted by Gasteiger charge is -2.64. The lowest BCUT2D eigenvalue weighted by atomic mass is 9.67. The number of nitrogens with zero attached hydrogens (tertiary/aromatic N) is 1. The molecule has 163 valence electrons. The van der Waals surface area contributed by atoms with E-state index in [1.807, 2.05) is 0 Å². The van der Waals surface area contributed by atoms with Crippen molar-refractivity contribution in [3.05, 3.63) is 41.8 Å². The molecule has 1 spiro atoms. The molecule has 2 aliphatic rings. The smallest absolute Gasteiger partial charge is 0.174 e. The summed E-state index contributed by atoms with van der Waals surface area (Å²) < 4.78 is 13.0. The van der Waals surface area contributed by atoms with Gasteiger partial charge in [0.1, 0.15) is 6.10 Å². The van der Waals surface area contributed by atoms with Crippen LogP contribution in [0.5, 0.6) is 0 Å². The van der Waals surface area contributed by atoms with Crippen LogP contribution in [0.4, 0.5) is 0 Å². The third-order valence-corrected chi connectivity index (χ3v) is 7.73. The monoisotopic (exact) mass is 402 g/mol. The van der Waals surface area contributed by atoms with Crippen LogP contribution in [0, 0.1) is 11.8 Å². The minimum absolute atomic E-state index is 0.0116. The highest BCUT2D eigenvalue weighted by molar-refractivity contribution is 5.17. The van der Waals surface area contributed by atoms with Crippen molar-refractivity contribution < 1.29 is 14.3 Å². The Morgan fingerprint density at radius 2 is 1.69 bits per heavy atom. The molecule has 2 aliphatic heterocycles. The zero-order valence-corrected chi connectivity index (χ0v) is 19.5. The first-order valence-electron chi connectivity index (χ1n) is 11.4. The Morgan fingerprint density at radius 1 is 1.07 bits per heavy atom. The maximum atomic E-state index is 6.75. The molecule has 0 N–H and O–H groups in total. The van der Waals surface area contributed by atoms with Crippen molar-refractivity contribution in [3.8, 4) is 0 Å². The number of hydroxylamine groups is 2. The Labute approximate surface area is 177 Å². The van der Waals surface area contributed by atoms with Crippen molar-refractivity contribution in [3.63, 3.8) is 0 Å². The SMILES string of the molecule is CC[C]1COC2(CC(C)(CC)N(OC(C)c3ccccc3)C(C)(CC)C2C)OC1. The van der Waals surface area contributed by atoms with Gasteiger partial charge < -0.3 is 9.47 Å². The van der Waals surface area contributed by atoms with E-state index in [1.54, 1.807) is 0 Å². The second-order valence-corrected chi connectivity index (χ2v) is 9.41. The highest BCUT2D eigenvalue weighted by Gasteiger charge is 2.63. The third-order valence-electron chi connectivity index (χ3n) is 7.73. The molecular formula is C25H40NO3. The van der Waals surface area contributed by atoms with E-state index < -0.39 is 5.79 Å². The molecule has 0 aromatic heterocycles. The van der Waals surface area contributed by atoms with Gasteiger partial charge in [-0.1, -0.05) is 58.0 Å². The Balaban J connectivity index is 1.92. The van der Waals surface area contributed by atoms with Crippen LogP contribution < -0.4 is 0 Å². The molecule has 2 heterocycles. The first-order chi connectivity index (χ1) is 13.7. The zero-order valence-electron chi connectivity index (χ0n) is 19.5. The molecule has 1 aromatic rings. The van der Waals surface area contributed by atoms with Crippen LogP contribution in [0.15, 0.2) is 30.3 Å². The van der Waals surface area contributed by atoms with Crippen molar-refractivity contribution >= 4 is 0 Å². The summed E-state index contributed by atoms with van der Waals surface area (Å²) in [6, 6.07) is 10.5. The van der Waals surface area contributed by atoms with Gasteiger partial charge in [0.05, 0.1) is 18.8 Å². The van der Waals surface area contributed by atoms with E-state index in [0.717, 1.165) is 25.7 Å². The van der Waals surface area contributed by atoms with Gasteiger partial charge in [0, 0.05) is 23.8 Å². The van der Waals surface area contributed by atoms with Gasteiger partial charge in [-0.2, -0.15) is 5.06 Å². The fraction of sp³-hybridized carbons (Fsp3) is 0.720. The fourth-order valence-electron chi connectivity index (χ4n) is 5.02. The molecule has 1 aromatic carbocycles. The summed E-state index contributed by atoms with van der Waals surface area (Å²) in [6.45, 7) is 17.1. The molecule has 29 heavy (non-hydrogen) atoms. The van der Waals surface area contributed by atoms with E-state index in [4.69, 9.17) is 14.3 Å². The second kappa shape index (κ2) is 8.66. The van der Waals surface area contributed by atoms with Gasteiger partial charge in [-0.3, -0.25) is 4.84 Å². The summed E-state index contributed by atoms with van der Waals surface area (Å²) >= 11 is 0. The molecule has 4 unspecified atom stereocenters. The molecule has 4 nitrogen and oxygen atoms in total. The first-order valence-corrected chi connectivity index (χ1v) is 11.4. The van der Waals surface area contributed by atoms with E-state index in [0.29, 0.717) is 13.2 Å². The van der Waals surface area contributed by atoms with Gasteiger partial charge in [-0.25, -0.2) is 0 Å². The van der Waals surface area contributed by atoms with E-state index >= 15 is 0 Å². The molecule has 4 heteroatoms.